The van der Waals surface area contributed by atoms with Crippen LogP contribution in [0.1, 0.15) is 46.0 Å². The number of hydrogen-bond donors (Lipinski definition) is 0. The van der Waals surface area contributed by atoms with Gasteiger partial charge in [-0.15, -0.1) is 4.52 Å². The first-order valence-electron chi connectivity index (χ1n) is 4.34. The molecule has 0 aromatic rings. The molecule has 0 fully saturated rings. The average Bonchev–Trinajstić information content (AvgIpc) is 1.99. The molecule has 0 rings (SSSR count). The van der Waals surface area contributed by atoms with Gasteiger partial charge in [0.2, 0.25) is 0 Å². The maximum atomic E-state index is 10.0. The molecule has 2 atom stereocenters. The van der Waals surface area contributed by atoms with Crippen LogP contribution in [0.4, 0.5) is 0 Å². The van der Waals surface area contributed by atoms with Crippen LogP contribution in [0.5, 0.6) is 0 Å². The molecule has 0 aliphatic carbocycles. The van der Waals surface area contributed by atoms with Gasteiger partial charge in [-0.05, 0) is 17.9 Å². The Bertz CT molecular complexity index is 101. The van der Waals surface area contributed by atoms with Crippen LogP contribution in [0, 0.1) is 0 Å². The van der Waals surface area contributed by atoms with Gasteiger partial charge in [0.1, 0.15) is 6.10 Å². The van der Waals surface area contributed by atoms with Crippen molar-refractivity contribution in [2.75, 3.05) is 0 Å². The summed E-state index contributed by atoms with van der Waals surface area (Å²) < 4.78 is 14.9. The zero-order valence-electron chi connectivity index (χ0n) is 7.84. The fourth-order valence-corrected chi connectivity index (χ4v) is 1.28. The molecule has 0 radical (unpaired) electrons. The van der Waals surface area contributed by atoms with E-state index in [2.05, 4.69) is 6.92 Å². The standard InChI is InChI=1S/C8H18O2P.Mo/c1-3-4-5-6-7-8(2)10-11-9;/h8,11H,3-7H2,1-2H3;/q+1;. The van der Waals surface area contributed by atoms with Crippen LogP contribution >= 0.6 is 8.69 Å². The molecule has 0 saturated heterocycles. The average molecular weight is 273 g/mol. The smallest absolute Gasteiger partial charge is 0.145 e. The Balaban J connectivity index is 0. The number of unbranched alkanes of at least 4 members (excludes halogenated alkanes) is 3. The zero-order valence-corrected chi connectivity index (χ0v) is 10.8. The van der Waals surface area contributed by atoms with Gasteiger partial charge in [-0.25, -0.2) is 0 Å². The Kier molecular flexibility index (Phi) is 14.9. The minimum atomic E-state index is -0.600. The summed E-state index contributed by atoms with van der Waals surface area (Å²) in [4.78, 5) is 0. The first kappa shape index (κ1) is 15.2. The topological polar surface area (TPSA) is 26.3 Å². The molecular weight excluding hydrogens is 255 g/mol. The van der Waals surface area contributed by atoms with Gasteiger partial charge in [0.25, 0.3) is 0 Å². The van der Waals surface area contributed by atoms with Gasteiger partial charge >= 0.3 is 8.69 Å². The maximum Gasteiger partial charge on any atom is 0.494 e. The van der Waals surface area contributed by atoms with Crippen molar-refractivity contribution < 1.29 is 30.2 Å². The van der Waals surface area contributed by atoms with Crippen molar-refractivity contribution in [2.45, 2.75) is 52.1 Å². The SMILES string of the molecule is CCCCCCC(C)O[PH+]=O.[Mo]. The summed E-state index contributed by atoms with van der Waals surface area (Å²) in [6, 6.07) is 0. The van der Waals surface area contributed by atoms with Crippen LogP contribution in [-0.2, 0) is 30.2 Å². The predicted molar refractivity (Wildman–Crippen MR) is 48.3 cm³/mol. The van der Waals surface area contributed by atoms with Crippen molar-refractivity contribution in [3.63, 3.8) is 0 Å². The molecule has 0 spiro atoms. The van der Waals surface area contributed by atoms with E-state index in [0.29, 0.717) is 0 Å². The minimum absolute atomic E-state index is 0. The molecule has 2 unspecified atom stereocenters. The molecule has 72 valence electrons. The Hall–Kier alpha value is 0.748. The summed E-state index contributed by atoms with van der Waals surface area (Å²) in [7, 11) is -0.600. The fraction of sp³-hybridized carbons (Fsp3) is 1.00. The normalized spacial score (nSPS) is 12.5. The van der Waals surface area contributed by atoms with E-state index in [4.69, 9.17) is 4.52 Å². The van der Waals surface area contributed by atoms with E-state index in [9.17, 15) is 4.57 Å². The van der Waals surface area contributed by atoms with E-state index >= 15 is 0 Å². The molecular formula is C8H18MoO2P+. The van der Waals surface area contributed by atoms with Crippen molar-refractivity contribution in [3.05, 3.63) is 0 Å². The van der Waals surface area contributed by atoms with Crippen molar-refractivity contribution in [3.8, 4) is 0 Å². The fourth-order valence-electron chi connectivity index (χ4n) is 1.000. The third-order valence-electron chi connectivity index (χ3n) is 1.71. The van der Waals surface area contributed by atoms with E-state index < -0.39 is 8.69 Å². The summed E-state index contributed by atoms with van der Waals surface area (Å²) in [5.74, 6) is 0. The van der Waals surface area contributed by atoms with Gasteiger partial charge in [-0.2, -0.15) is 0 Å². The Morgan fingerprint density at radius 1 is 1.33 bits per heavy atom. The summed E-state index contributed by atoms with van der Waals surface area (Å²) in [6.07, 6.45) is 6.23. The third kappa shape index (κ3) is 10.7. The molecule has 0 aliphatic heterocycles. The van der Waals surface area contributed by atoms with Crippen molar-refractivity contribution in [1.29, 1.82) is 0 Å². The maximum absolute atomic E-state index is 10.0. The molecule has 0 heterocycles. The second-order valence-corrected chi connectivity index (χ2v) is 3.26. The first-order valence-corrected chi connectivity index (χ1v) is 5.15. The van der Waals surface area contributed by atoms with Crippen LogP contribution in [0.15, 0.2) is 0 Å². The van der Waals surface area contributed by atoms with E-state index in [1.54, 1.807) is 0 Å². The molecule has 0 aromatic heterocycles. The molecule has 2 nitrogen and oxygen atoms in total. The zero-order chi connectivity index (χ0) is 8.53. The number of rotatable bonds is 7. The van der Waals surface area contributed by atoms with Crippen LogP contribution in [0.2, 0.25) is 0 Å². The largest absolute Gasteiger partial charge is 0.494 e. The van der Waals surface area contributed by atoms with Crippen LogP contribution < -0.4 is 0 Å². The third-order valence-corrected chi connectivity index (χ3v) is 2.21. The van der Waals surface area contributed by atoms with E-state index in [0.717, 1.165) is 6.42 Å². The van der Waals surface area contributed by atoms with Gasteiger partial charge in [-0.3, -0.25) is 0 Å². The quantitative estimate of drug-likeness (QED) is 0.404. The molecule has 0 aromatic carbocycles. The van der Waals surface area contributed by atoms with Gasteiger partial charge < -0.3 is 0 Å². The molecule has 0 saturated carbocycles. The van der Waals surface area contributed by atoms with Crippen molar-refractivity contribution in [2.24, 2.45) is 0 Å². The first-order chi connectivity index (χ1) is 5.31. The summed E-state index contributed by atoms with van der Waals surface area (Å²) >= 11 is 0. The molecule has 0 amide bonds. The number of hydrogen-bond acceptors (Lipinski definition) is 2. The second-order valence-electron chi connectivity index (χ2n) is 2.86. The Morgan fingerprint density at radius 2 is 2.00 bits per heavy atom. The summed E-state index contributed by atoms with van der Waals surface area (Å²) in [6.45, 7) is 4.16. The van der Waals surface area contributed by atoms with Crippen LogP contribution in [0.3, 0.4) is 0 Å². The van der Waals surface area contributed by atoms with Crippen LogP contribution in [-0.4, -0.2) is 6.10 Å². The van der Waals surface area contributed by atoms with Crippen LogP contribution in [0.25, 0.3) is 0 Å². The Morgan fingerprint density at radius 3 is 2.50 bits per heavy atom. The molecule has 0 aliphatic rings. The Labute approximate surface area is 91.0 Å². The van der Waals surface area contributed by atoms with Gasteiger partial charge in [-0.1, -0.05) is 32.6 Å². The summed E-state index contributed by atoms with van der Waals surface area (Å²) in [5.41, 5.74) is 0. The molecule has 0 bridgehead atoms. The van der Waals surface area contributed by atoms with E-state index in [1.165, 1.54) is 25.7 Å². The molecule has 4 heteroatoms. The second kappa shape index (κ2) is 11.7. The van der Waals surface area contributed by atoms with E-state index in [1.807, 2.05) is 6.92 Å². The summed E-state index contributed by atoms with van der Waals surface area (Å²) in [5, 5.41) is 0. The minimum Gasteiger partial charge on any atom is -0.145 e. The van der Waals surface area contributed by atoms with Gasteiger partial charge in [0, 0.05) is 21.1 Å². The molecule has 0 N–H and O–H groups in total. The predicted octanol–water partition coefficient (Wildman–Crippen LogP) is 3.30. The monoisotopic (exact) mass is 275 g/mol. The van der Waals surface area contributed by atoms with E-state index in [-0.39, 0.29) is 27.2 Å². The van der Waals surface area contributed by atoms with Gasteiger partial charge in [0.05, 0.1) is 0 Å². The van der Waals surface area contributed by atoms with Crippen molar-refractivity contribution >= 4 is 8.69 Å². The van der Waals surface area contributed by atoms with Crippen molar-refractivity contribution in [1.82, 2.24) is 0 Å². The molecule has 12 heavy (non-hydrogen) atoms. The van der Waals surface area contributed by atoms with Gasteiger partial charge in [0.15, 0.2) is 0 Å².